The molecule has 0 fully saturated rings. The van der Waals surface area contributed by atoms with E-state index in [9.17, 15) is 18.0 Å². The molecule has 0 rings (SSSR count). The summed E-state index contributed by atoms with van der Waals surface area (Å²) in [6.45, 7) is 0.837. The smallest absolute Gasteiger partial charge is 0.372 e. The topological polar surface area (TPSA) is 64.3 Å². The highest BCUT2D eigenvalue weighted by molar-refractivity contribution is 5.79. The van der Waals surface area contributed by atoms with Crippen LogP contribution in [0.1, 0.15) is 13.3 Å². The molecule has 0 spiro atoms. The Morgan fingerprint density at radius 2 is 2.13 bits per heavy atom. The van der Waals surface area contributed by atoms with Crippen molar-refractivity contribution in [2.75, 3.05) is 19.8 Å². The van der Waals surface area contributed by atoms with Gasteiger partial charge in [-0.3, -0.25) is 4.79 Å². The fraction of sp³-hybridized carbons (Fsp3) is 0.875. The van der Waals surface area contributed by atoms with E-state index in [1.54, 1.807) is 6.92 Å². The normalized spacial score (nSPS) is 13.9. The summed E-state index contributed by atoms with van der Waals surface area (Å²) < 4.78 is 39.3. The lowest BCUT2D eigenvalue weighted by atomic mass is 10.2. The number of likely N-dealkylation sites (N-methyl/N-ethyl adjacent to an activating group) is 1. The molecule has 7 heteroatoms. The lowest BCUT2D eigenvalue weighted by Crippen LogP contribution is -2.42. The van der Waals surface area contributed by atoms with Crippen molar-refractivity contribution >= 4 is 5.91 Å². The van der Waals surface area contributed by atoms with Gasteiger partial charge < -0.3 is 15.8 Å². The fourth-order valence-electron chi connectivity index (χ4n) is 0.980. The molecule has 0 aliphatic heterocycles. The van der Waals surface area contributed by atoms with Crippen molar-refractivity contribution in [1.82, 2.24) is 5.32 Å². The van der Waals surface area contributed by atoms with Crippen LogP contribution in [-0.2, 0) is 9.53 Å². The molecule has 0 aliphatic rings. The van der Waals surface area contributed by atoms with Crippen molar-refractivity contribution in [1.29, 1.82) is 0 Å². The van der Waals surface area contributed by atoms with Gasteiger partial charge in [-0.1, -0.05) is 6.92 Å². The Hall–Kier alpha value is -0.820. The van der Waals surface area contributed by atoms with Gasteiger partial charge in [0.05, 0.1) is 6.04 Å². The zero-order valence-electron chi connectivity index (χ0n) is 8.43. The molecule has 3 N–H and O–H groups in total. The second kappa shape index (κ2) is 6.62. The zero-order chi connectivity index (χ0) is 11.9. The Morgan fingerprint density at radius 3 is 2.53 bits per heavy atom. The number of nitrogens with one attached hydrogen (secondary N) is 1. The minimum atomic E-state index is -4.33. The minimum absolute atomic E-state index is 0.138. The van der Waals surface area contributed by atoms with Gasteiger partial charge in [0, 0.05) is 6.61 Å². The third-order valence-corrected chi connectivity index (χ3v) is 1.61. The molecule has 15 heavy (non-hydrogen) atoms. The molecule has 0 saturated heterocycles. The number of amides is 1. The number of carbonyl (C=O) groups is 1. The number of hydrogen-bond donors (Lipinski definition) is 2. The van der Waals surface area contributed by atoms with Crippen LogP contribution in [0.25, 0.3) is 0 Å². The molecule has 0 heterocycles. The van der Waals surface area contributed by atoms with Gasteiger partial charge in [-0.15, -0.1) is 0 Å². The SMILES string of the molecule is CCNC(CCOCC(F)(F)F)C(N)=O. The number of nitrogens with two attached hydrogens (primary N) is 1. The summed E-state index contributed by atoms with van der Waals surface area (Å²) in [6, 6.07) is -0.636. The average Bonchev–Trinajstić information content (AvgIpc) is 2.08. The van der Waals surface area contributed by atoms with Gasteiger partial charge in [0.2, 0.25) is 5.91 Å². The first kappa shape index (κ1) is 14.2. The summed E-state index contributed by atoms with van der Waals surface area (Å²) in [6.07, 6.45) is -4.19. The minimum Gasteiger partial charge on any atom is -0.372 e. The van der Waals surface area contributed by atoms with Crippen LogP contribution in [0.5, 0.6) is 0 Å². The quantitative estimate of drug-likeness (QED) is 0.621. The summed E-state index contributed by atoms with van der Waals surface area (Å²) in [5, 5.41) is 2.74. The van der Waals surface area contributed by atoms with Gasteiger partial charge in [-0.2, -0.15) is 13.2 Å². The van der Waals surface area contributed by atoms with Gasteiger partial charge >= 0.3 is 6.18 Å². The Kier molecular flexibility index (Phi) is 6.26. The molecule has 90 valence electrons. The number of rotatable bonds is 7. The van der Waals surface area contributed by atoms with E-state index in [2.05, 4.69) is 10.1 Å². The standard InChI is InChI=1S/C8H15F3N2O2/c1-2-13-6(7(12)14)3-4-15-5-8(9,10)11/h6,13H,2-5H2,1H3,(H2,12,14). The molecule has 1 amide bonds. The first-order chi connectivity index (χ1) is 6.87. The molecule has 0 aromatic heterocycles. The highest BCUT2D eigenvalue weighted by Gasteiger charge is 2.27. The van der Waals surface area contributed by atoms with Crippen LogP contribution in [0.2, 0.25) is 0 Å². The molecule has 0 bridgehead atoms. The van der Waals surface area contributed by atoms with Gasteiger partial charge in [0.15, 0.2) is 0 Å². The van der Waals surface area contributed by atoms with Crippen LogP contribution in [0.3, 0.4) is 0 Å². The molecule has 4 nitrogen and oxygen atoms in total. The Morgan fingerprint density at radius 1 is 1.53 bits per heavy atom. The molecule has 0 aromatic carbocycles. The molecule has 0 radical (unpaired) electrons. The zero-order valence-corrected chi connectivity index (χ0v) is 8.43. The second-order valence-electron chi connectivity index (χ2n) is 2.97. The lowest BCUT2D eigenvalue weighted by Gasteiger charge is -2.14. The van der Waals surface area contributed by atoms with Crippen LogP contribution in [0, 0.1) is 0 Å². The van der Waals surface area contributed by atoms with E-state index >= 15 is 0 Å². The van der Waals surface area contributed by atoms with Crippen LogP contribution < -0.4 is 11.1 Å². The highest BCUT2D eigenvalue weighted by Crippen LogP contribution is 2.14. The maximum absolute atomic E-state index is 11.7. The predicted octanol–water partition coefficient (Wildman–Crippen LogP) is 0.419. The first-order valence-corrected chi connectivity index (χ1v) is 4.54. The van der Waals surface area contributed by atoms with Crippen molar-refractivity contribution in [3.63, 3.8) is 0 Å². The van der Waals surface area contributed by atoms with Crippen LogP contribution >= 0.6 is 0 Å². The van der Waals surface area contributed by atoms with E-state index in [0.29, 0.717) is 6.54 Å². The van der Waals surface area contributed by atoms with Crippen LogP contribution in [0.15, 0.2) is 0 Å². The second-order valence-corrected chi connectivity index (χ2v) is 2.97. The van der Waals surface area contributed by atoms with E-state index in [1.165, 1.54) is 0 Å². The summed E-state index contributed by atoms with van der Waals surface area (Å²) in [7, 11) is 0. The van der Waals surface area contributed by atoms with Gasteiger partial charge in [-0.05, 0) is 13.0 Å². The molecule has 0 saturated carbocycles. The molecular formula is C8H15F3N2O2. The van der Waals surface area contributed by atoms with Crippen molar-refractivity contribution in [3.05, 3.63) is 0 Å². The maximum atomic E-state index is 11.7. The molecule has 1 atom stereocenters. The average molecular weight is 228 g/mol. The number of halogens is 3. The lowest BCUT2D eigenvalue weighted by molar-refractivity contribution is -0.174. The van der Waals surface area contributed by atoms with E-state index in [4.69, 9.17) is 5.73 Å². The molecule has 0 aromatic rings. The van der Waals surface area contributed by atoms with Gasteiger partial charge in [0.25, 0.3) is 0 Å². The first-order valence-electron chi connectivity index (χ1n) is 4.54. The number of ether oxygens (including phenoxy) is 1. The number of hydrogen-bond acceptors (Lipinski definition) is 3. The van der Waals surface area contributed by atoms with Crippen molar-refractivity contribution in [2.45, 2.75) is 25.6 Å². The Labute approximate surface area is 86.0 Å². The Balaban J connectivity index is 3.67. The number of carbonyl (C=O) groups excluding carboxylic acids is 1. The van der Waals surface area contributed by atoms with Gasteiger partial charge in [0.1, 0.15) is 6.61 Å². The third-order valence-electron chi connectivity index (χ3n) is 1.61. The molecular weight excluding hydrogens is 213 g/mol. The largest absolute Gasteiger partial charge is 0.411 e. The monoisotopic (exact) mass is 228 g/mol. The summed E-state index contributed by atoms with van der Waals surface area (Å²) in [5.41, 5.74) is 5.01. The van der Waals surface area contributed by atoms with E-state index in [-0.39, 0.29) is 13.0 Å². The van der Waals surface area contributed by atoms with E-state index < -0.39 is 24.7 Å². The maximum Gasteiger partial charge on any atom is 0.411 e. The van der Waals surface area contributed by atoms with Crippen molar-refractivity contribution < 1.29 is 22.7 Å². The fourth-order valence-corrected chi connectivity index (χ4v) is 0.980. The Bertz CT molecular complexity index is 197. The van der Waals surface area contributed by atoms with Crippen LogP contribution in [-0.4, -0.2) is 37.9 Å². The number of primary amides is 1. The summed E-state index contributed by atoms with van der Waals surface area (Å²) >= 11 is 0. The van der Waals surface area contributed by atoms with Crippen molar-refractivity contribution in [3.8, 4) is 0 Å². The molecule has 0 aliphatic carbocycles. The predicted molar refractivity (Wildman–Crippen MR) is 48.2 cm³/mol. The van der Waals surface area contributed by atoms with Crippen molar-refractivity contribution in [2.24, 2.45) is 5.73 Å². The van der Waals surface area contributed by atoms with E-state index in [0.717, 1.165) is 0 Å². The summed E-state index contributed by atoms with van der Waals surface area (Å²) in [4.78, 5) is 10.8. The number of alkyl halides is 3. The van der Waals surface area contributed by atoms with Crippen LogP contribution in [0.4, 0.5) is 13.2 Å². The highest BCUT2D eigenvalue weighted by atomic mass is 19.4. The third kappa shape index (κ3) is 8.19. The summed E-state index contributed by atoms with van der Waals surface area (Å²) in [5.74, 6) is -0.590. The van der Waals surface area contributed by atoms with E-state index in [1.807, 2.05) is 0 Å². The van der Waals surface area contributed by atoms with Gasteiger partial charge in [-0.25, -0.2) is 0 Å². The molecule has 1 unspecified atom stereocenters.